The molecule has 1 spiro atoms. The molecule has 0 saturated carbocycles. The number of piperidine rings is 1. The van der Waals surface area contributed by atoms with Gasteiger partial charge in [-0.05, 0) is 45.5 Å². The van der Waals surface area contributed by atoms with E-state index in [-0.39, 0.29) is 37.8 Å². The van der Waals surface area contributed by atoms with Gasteiger partial charge in [-0.15, -0.1) is 0 Å². The van der Waals surface area contributed by atoms with Crippen molar-refractivity contribution < 1.29 is 53.8 Å². The van der Waals surface area contributed by atoms with Crippen LogP contribution in [0.15, 0.2) is 54.3 Å². The number of carbonyl (C=O) groups excluding carboxylic acids is 3. The highest BCUT2D eigenvalue weighted by atomic mass is 16.6. The van der Waals surface area contributed by atoms with Crippen molar-refractivity contribution in [2.45, 2.75) is 81.5 Å². The van der Waals surface area contributed by atoms with Crippen LogP contribution in [0.5, 0.6) is 5.75 Å². The molecule has 1 amide bonds. The molecule has 13 heteroatoms. The fraction of sp³-hybridized carbons (Fsp3) is 0.471. The van der Waals surface area contributed by atoms with Crippen LogP contribution in [-0.2, 0) is 40.7 Å². The quantitative estimate of drug-likeness (QED) is 0.220. The van der Waals surface area contributed by atoms with Gasteiger partial charge in [-0.2, -0.15) is 0 Å². The molecular formula is C34H40N2O11. The van der Waals surface area contributed by atoms with Crippen molar-refractivity contribution in [2.24, 2.45) is 0 Å². The summed E-state index contributed by atoms with van der Waals surface area (Å²) >= 11 is 0. The number of hydrogen-bond acceptors (Lipinski definition) is 11. The number of ether oxygens (including phenoxy) is 3. The molecule has 2 aromatic rings. The molecule has 252 valence electrons. The number of amides is 1. The Balaban J connectivity index is 1.39. The van der Waals surface area contributed by atoms with Crippen LogP contribution in [0.3, 0.4) is 0 Å². The van der Waals surface area contributed by atoms with E-state index in [4.69, 9.17) is 19.3 Å². The largest absolute Gasteiger partial charge is 0.481 e. The number of hydrogen-bond donors (Lipinski definition) is 5. The van der Waals surface area contributed by atoms with Gasteiger partial charge in [-0.3, -0.25) is 9.59 Å². The zero-order valence-corrected chi connectivity index (χ0v) is 26.5. The van der Waals surface area contributed by atoms with Crippen LogP contribution in [0.2, 0.25) is 0 Å². The molecule has 0 unspecified atom stereocenters. The second-order valence-corrected chi connectivity index (χ2v) is 12.4. The number of carboxylic acids is 1. The SMILES string of the molecule is Cc1ccc(CO)c2c1[C@]13CCN(C)[C@H](C)[C@]1(O)CC=C(OC(=O)[C@H](OC(=O)CCNC(=O)C[C@H](O)C(=O)O)c1ccccc1)[C@@H]3O2. The molecule has 0 bridgehead atoms. The maximum atomic E-state index is 13.9. The number of rotatable bonds is 11. The Hall–Kier alpha value is -4.30. The topological polar surface area (TPSA) is 192 Å². The summed E-state index contributed by atoms with van der Waals surface area (Å²) in [6, 6.07) is 11.6. The number of benzene rings is 2. The number of carbonyl (C=O) groups is 4. The van der Waals surface area contributed by atoms with Crippen LogP contribution in [0.1, 0.15) is 61.0 Å². The molecule has 2 aliphatic heterocycles. The molecule has 5 rings (SSSR count). The average molecular weight is 653 g/mol. The third-order valence-electron chi connectivity index (χ3n) is 9.70. The summed E-state index contributed by atoms with van der Waals surface area (Å²) in [4.78, 5) is 51.5. The predicted octanol–water partition coefficient (Wildman–Crippen LogP) is 1.40. The number of likely N-dealkylation sites (tertiary alicyclic amines) is 1. The molecule has 5 N–H and O–H groups in total. The smallest absolute Gasteiger partial charge is 0.357 e. The number of aliphatic hydroxyl groups excluding tert-OH is 2. The number of aliphatic hydroxyl groups is 3. The lowest BCUT2D eigenvalue weighted by Gasteiger charge is -2.58. The molecule has 13 nitrogen and oxygen atoms in total. The maximum Gasteiger partial charge on any atom is 0.357 e. The van der Waals surface area contributed by atoms with Crippen molar-refractivity contribution in [1.82, 2.24) is 10.2 Å². The van der Waals surface area contributed by atoms with Crippen molar-refractivity contribution in [1.29, 1.82) is 0 Å². The van der Waals surface area contributed by atoms with Gasteiger partial charge in [-0.1, -0.05) is 42.5 Å². The molecule has 2 aromatic carbocycles. The molecule has 6 atom stereocenters. The normalized spacial score (nSPS) is 26.0. The van der Waals surface area contributed by atoms with E-state index < -0.39 is 59.6 Å². The van der Waals surface area contributed by atoms with E-state index in [1.54, 1.807) is 42.5 Å². The monoisotopic (exact) mass is 652 g/mol. The number of aryl methyl sites for hydroxylation is 1. The van der Waals surface area contributed by atoms with Crippen LogP contribution < -0.4 is 10.1 Å². The zero-order chi connectivity index (χ0) is 34.1. The van der Waals surface area contributed by atoms with Crippen molar-refractivity contribution in [3.05, 3.63) is 76.6 Å². The van der Waals surface area contributed by atoms with Gasteiger partial charge in [0.2, 0.25) is 12.0 Å². The molecule has 47 heavy (non-hydrogen) atoms. The van der Waals surface area contributed by atoms with E-state index in [1.165, 1.54) is 0 Å². The summed E-state index contributed by atoms with van der Waals surface area (Å²) < 4.78 is 18.1. The Kier molecular flexibility index (Phi) is 9.73. The van der Waals surface area contributed by atoms with E-state index >= 15 is 0 Å². The summed E-state index contributed by atoms with van der Waals surface area (Å²) in [5.74, 6) is -3.43. The van der Waals surface area contributed by atoms with E-state index in [2.05, 4.69) is 10.2 Å². The second kappa shape index (κ2) is 13.4. The van der Waals surface area contributed by atoms with Gasteiger partial charge in [0.15, 0.2) is 12.2 Å². The summed E-state index contributed by atoms with van der Waals surface area (Å²) in [7, 11) is 1.95. The van der Waals surface area contributed by atoms with E-state index in [9.17, 15) is 34.5 Å². The van der Waals surface area contributed by atoms with E-state index in [1.807, 2.05) is 27.0 Å². The van der Waals surface area contributed by atoms with Gasteiger partial charge in [0.05, 0.1) is 30.5 Å². The molecule has 1 aliphatic carbocycles. The molecule has 1 fully saturated rings. The Bertz CT molecular complexity index is 1580. The molecule has 1 saturated heterocycles. The summed E-state index contributed by atoms with van der Waals surface area (Å²) in [6.45, 7) is 4.00. The molecule has 0 radical (unpaired) electrons. The van der Waals surface area contributed by atoms with Gasteiger partial charge in [-0.25, -0.2) is 9.59 Å². The Morgan fingerprint density at radius 3 is 2.55 bits per heavy atom. The first-order chi connectivity index (χ1) is 22.3. The third kappa shape index (κ3) is 6.11. The van der Waals surface area contributed by atoms with Crippen molar-refractivity contribution >= 4 is 23.8 Å². The molecule has 3 aliphatic rings. The first kappa shape index (κ1) is 34.0. The lowest BCUT2D eigenvalue weighted by Crippen LogP contribution is -2.71. The van der Waals surface area contributed by atoms with Gasteiger partial charge >= 0.3 is 17.9 Å². The average Bonchev–Trinajstić information content (AvgIpc) is 3.41. The maximum absolute atomic E-state index is 13.9. The Morgan fingerprint density at radius 1 is 1.15 bits per heavy atom. The Morgan fingerprint density at radius 2 is 1.87 bits per heavy atom. The minimum Gasteiger partial charge on any atom is -0.481 e. The second-order valence-electron chi connectivity index (χ2n) is 12.4. The summed E-state index contributed by atoms with van der Waals surface area (Å²) in [5.41, 5.74) is 0.240. The molecular weight excluding hydrogens is 612 g/mol. The van der Waals surface area contributed by atoms with Crippen LogP contribution in [0.4, 0.5) is 0 Å². The van der Waals surface area contributed by atoms with Crippen LogP contribution in [-0.4, -0.2) is 93.1 Å². The van der Waals surface area contributed by atoms with Gasteiger partial charge in [0.1, 0.15) is 11.5 Å². The highest BCUT2D eigenvalue weighted by Crippen LogP contribution is 2.61. The lowest BCUT2D eigenvalue weighted by atomic mass is 9.54. The van der Waals surface area contributed by atoms with E-state index in [0.29, 0.717) is 29.8 Å². The van der Waals surface area contributed by atoms with Crippen LogP contribution in [0, 0.1) is 6.92 Å². The summed E-state index contributed by atoms with van der Waals surface area (Å²) in [5, 5.41) is 43.1. The summed E-state index contributed by atoms with van der Waals surface area (Å²) in [6.07, 6.45) is -3.03. The van der Waals surface area contributed by atoms with Crippen molar-refractivity contribution in [3.8, 4) is 5.75 Å². The highest BCUT2D eigenvalue weighted by molar-refractivity contribution is 5.84. The number of aliphatic carboxylic acids is 1. The van der Waals surface area contributed by atoms with Gasteiger partial charge < -0.3 is 44.9 Å². The fourth-order valence-corrected chi connectivity index (χ4v) is 7.08. The lowest BCUT2D eigenvalue weighted by molar-refractivity contribution is -0.173. The minimum absolute atomic E-state index is 0.148. The minimum atomic E-state index is -1.88. The van der Waals surface area contributed by atoms with Gasteiger partial charge in [0, 0.05) is 35.7 Å². The first-order valence-corrected chi connectivity index (χ1v) is 15.5. The van der Waals surface area contributed by atoms with Gasteiger partial charge in [0.25, 0.3) is 0 Å². The van der Waals surface area contributed by atoms with Crippen molar-refractivity contribution in [2.75, 3.05) is 20.1 Å². The predicted molar refractivity (Wildman–Crippen MR) is 165 cm³/mol. The standard InChI is InChI=1S/C34H40N2O11/c1-19-9-10-22(18-37)28-27(19)33-14-16-36(3)20(2)34(33,44)13-11-24(30(33)47-28)45-32(43)29(21-7-5-4-6-8-21)46-26(40)12-15-35-25(39)17-23(38)31(41)42/h4-11,20,23,29-30,37-38,44H,12-18H2,1-3H3,(H,35,39)(H,41,42)/t20-,23+,29-,30+,33+,34-/m1/s1. The number of esters is 2. The highest BCUT2D eigenvalue weighted by Gasteiger charge is 2.69. The molecule has 0 aromatic heterocycles. The first-order valence-electron chi connectivity index (χ1n) is 15.5. The molecule has 2 heterocycles. The third-order valence-corrected chi connectivity index (χ3v) is 9.70. The number of fused-ring (bicyclic) bond motifs is 1. The zero-order valence-electron chi connectivity index (χ0n) is 26.5. The fourth-order valence-electron chi connectivity index (χ4n) is 7.08. The van der Waals surface area contributed by atoms with Crippen LogP contribution >= 0.6 is 0 Å². The van der Waals surface area contributed by atoms with E-state index in [0.717, 1.165) is 11.1 Å². The van der Waals surface area contributed by atoms with Crippen LogP contribution in [0.25, 0.3) is 0 Å². The number of nitrogens with one attached hydrogen (secondary N) is 1. The number of carboxylic acid groups (broad SMARTS) is 1. The number of likely N-dealkylation sites (N-methyl/N-ethyl adjacent to an activating group) is 1. The Labute approximate surface area is 271 Å². The van der Waals surface area contributed by atoms with Crippen molar-refractivity contribution in [3.63, 3.8) is 0 Å². The number of nitrogens with zero attached hydrogens (tertiary/aromatic N) is 1.